The van der Waals surface area contributed by atoms with Crippen molar-refractivity contribution in [2.75, 3.05) is 5.32 Å². The molecule has 2 aromatic rings. The molecule has 1 saturated carbocycles. The molecule has 0 saturated heterocycles. The number of carbonyl (C=O) groups is 2. The molecule has 2 aromatic heterocycles. The zero-order chi connectivity index (χ0) is 17.5. The minimum atomic E-state index is -0.448. The van der Waals surface area contributed by atoms with Crippen molar-refractivity contribution >= 4 is 28.3 Å². The topological polar surface area (TPSA) is 103 Å². The Morgan fingerprint density at radius 3 is 2.71 bits per heavy atom. The van der Waals surface area contributed by atoms with E-state index in [1.165, 1.54) is 11.3 Å². The first-order chi connectivity index (χ1) is 11.2. The molecule has 0 atom stereocenters. The second-order valence-corrected chi connectivity index (χ2v) is 7.91. The van der Waals surface area contributed by atoms with E-state index in [1.54, 1.807) is 5.38 Å². The summed E-state index contributed by atoms with van der Waals surface area (Å²) in [5, 5.41) is 9.40. The van der Waals surface area contributed by atoms with Gasteiger partial charge < -0.3 is 5.73 Å². The number of aromatic nitrogens is 3. The number of hydrogen-bond acceptors (Lipinski definition) is 5. The number of nitrogens with one attached hydrogen (secondary N) is 1. The third kappa shape index (κ3) is 3.64. The standard InChI is InChI=1S/C16H21N5O2S/c1-16(2,3)21-12(9-4-5-9)7-11(20-21)14(23)19-15-18-10(8-24-15)6-13(17)22/h7-9H,4-6H2,1-3H3,(H2,17,22)(H,18,19,23). The molecule has 128 valence electrons. The predicted octanol–water partition coefficient (Wildman–Crippen LogP) is 2.25. The highest BCUT2D eigenvalue weighted by Crippen LogP contribution is 2.41. The van der Waals surface area contributed by atoms with Gasteiger partial charge in [0.15, 0.2) is 10.8 Å². The summed E-state index contributed by atoms with van der Waals surface area (Å²) in [5.74, 6) is -0.239. The molecule has 2 heterocycles. The van der Waals surface area contributed by atoms with Gasteiger partial charge in [-0.15, -0.1) is 11.3 Å². The fourth-order valence-electron chi connectivity index (χ4n) is 2.50. The van der Waals surface area contributed by atoms with E-state index in [0.717, 1.165) is 18.5 Å². The summed E-state index contributed by atoms with van der Waals surface area (Å²) in [7, 11) is 0. The molecule has 0 radical (unpaired) electrons. The van der Waals surface area contributed by atoms with Gasteiger partial charge in [-0.25, -0.2) is 4.98 Å². The van der Waals surface area contributed by atoms with Crippen LogP contribution in [0.4, 0.5) is 5.13 Å². The first-order valence-corrected chi connectivity index (χ1v) is 8.76. The van der Waals surface area contributed by atoms with Crippen molar-refractivity contribution in [1.82, 2.24) is 14.8 Å². The van der Waals surface area contributed by atoms with Crippen LogP contribution in [0.5, 0.6) is 0 Å². The van der Waals surface area contributed by atoms with Crippen molar-refractivity contribution in [3.63, 3.8) is 0 Å². The summed E-state index contributed by atoms with van der Waals surface area (Å²) in [6.45, 7) is 6.22. The number of nitrogens with two attached hydrogens (primary N) is 1. The Hall–Kier alpha value is -2.22. The fraction of sp³-hybridized carbons (Fsp3) is 0.500. The number of anilines is 1. The third-order valence-corrected chi connectivity index (χ3v) is 4.53. The highest BCUT2D eigenvalue weighted by molar-refractivity contribution is 7.14. The number of amides is 2. The Balaban J connectivity index is 1.78. The van der Waals surface area contributed by atoms with Gasteiger partial charge in [0.25, 0.3) is 5.91 Å². The molecule has 0 bridgehead atoms. The van der Waals surface area contributed by atoms with E-state index in [4.69, 9.17) is 5.73 Å². The summed E-state index contributed by atoms with van der Waals surface area (Å²) in [5.41, 5.74) is 7.03. The lowest BCUT2D eigenvalue weighted by Crippen LogP contribution is -2.25. The lowest BCUT2D eigenvalue weighted by atomic mass is 10.1. The number of rotatable bonds is 5. The SMILES string of the molecule is CC(C)(C)n1nc(C(=O)Nc2nc(CC(N)=O)cs2)cc1C1CC1. The predicted molar refractivity (Wildman–Crippen MR) is 92.2 cm³/mol. The number of thiazole rings is 1. The van der Waals surface area contributed by atoms with Crippen molar-refractivity contribution in [2.45, 2.75) is 51.5 Å². The van der Waals surface area contributed by atoms with E-state index >= 15 is 0 Å². The highest BCUT2D eigenvalue weighted by Gasteiger charge is 2.32. The summed E-state index contributed by atoms with van der Waals surface area (Å²) in [6.07, 6.45) is 2.36. The van der Waals surface area contributed by atoms with E-state index < -0.39 is 5.91 Å². The first kappa shape index (κ1) is 16.6. The van der Waals surface area contributed by atoms with Gasteiger partial charge in [-0.05, 0) is 39.7 Å². The van der Waals surface area contributed by atoms with Crippen LogP contribution in [0.2, 0.25) is 0 Å². The Morgan fingerprint density at radius 1 is 1.42 bits per heavy atom. The number of hydrogen-bond donors (Lipinski definition) is 2. The average molecular weight is 347 g/mol. The largest absolute Gasteiger partial charge is 0.369 e. The van der Waals surface area contributed by atoms with Gasteiger partial charge in [-0.2, -0.15) is 5.10 Å². The Kier molecular flexibility index (Phi) is 4.16. The molecule has 0 aliphatic heterocycles. The lowest BCUT2D eigenvalue weighted by molar-refractivity contribution is -0.117. The molecule has 0 aromatic carbocycles. The van der Waals surface area contributed by atoms with E-state index in [-0.39, 0.29) is 17.9 Å². The molecule has 1 aliphatic carbocycles. The van der Waals surface area contributed by atoms with Gasteiger partial charge in [0.1, 0.15) is 0 Å². The number of nitrogens with zero attached hydrogens (tertiary/aromatic N) is 3. The second-order valence-electron chi connectivity index (χ2n) is 7.05. The molecule has 3 rings (SSSR count). The van der Waals surface area contributed by atoms with Crippen LogP contribution in [-0.4, -0.2) is 26.6 Å². The van der Waals surface area contributed by atoms with Gasteiger partial charge >= 0.3 is 0 Å². The maximum Gasteiger partial charge on any atom is 0.277 e. The molecule has 8 heteroatoms. The van der Waals surface area contributed by atoms with Crippen molar-refractivity contribution < 1.29 is 9.59 Å². The van der Waals surface area contributed by atoms with Crippen LogP contribution in [0.15, 0.2) is 11.4 Å². The van der Waals surface area contributed by atoms with Gasteiger partial charge in [-0.3, -0.25) is 19.6 Å². The molecule has 0 unspecified atom stereocenters. The highest BCUT2D eigenvalue weighted by atomic mass is 32.1. The van der Waals surface area contributed by atoms with Crippen LogP contribution in [0.3, 0.4) is 0 Å². The molecular formula is C16H21N5O2S. The van der Waals surface area contributed by atoms with Gasteiger partial charge in [-0.1, -0.05) is 0 Å². The van der Waals surface area contributed by atoms with E-state index in [1.807, 2.05) is 10.7 Å². The van der Waals surface area contributed by atoms with Crippen LogP contribution in [0, 0.1) is 0 Å². The summed E-state index contributed by atoms with van der Waals surface area (Å²) < 4.78 is 1.94. The van der Waals surface area contributed by atoms with E-state index in [2.05, 4.69) is 36.2 Å². The van der Waals surface area contributed by atoms with Gasteiger partial charge in [0.2, 0.25) is 5.91 Å². The minimum Gasteiger partial charge on any atom is -0.369 e. The van der Waals surface area contributed by atoms with Crippen molar-refractivity contribution in [3.05, 3.63) is 28.5 Å². The maximum absolute atomic E-state index is 12.5. The average Bonchev–Trinajstić information content (AvgIpc) is 3.04. The summed E-state index contributed by atoms with van der Waals surface area (Å²) in [4.78, 5) is 27.6. The van der Waals surface area contributed by atoms with Crippen molar-refractivity contribution in [1.29, 1.82) is 0 Å². The van der Waals surface area contributed by atoms with Gasteiger partial charge in [0, 0.05) is 17.0 Å². The smallest absolute Gasteiger partial charge is 0.277 e. The fourth-order valence-corrected chi connectivity index (χ4v) is 3.20. The second kappa shape index (κ2) is 6.01. The zero-order valence-electron chi connectivity index (χ0n) is 14.0. The maximum atomic E-state index is 12.5. The molecule has 24 heavy (non-hydrogen) atoms. The third-order valence-electron chi connectivity index (χ3n) is 3.73. The number of carbonyl (C=O) groups excluding carboxylic acids is 2. The zero-order valence-corrected chi connectivity index (χ0v) is 14.8. The molecule has 2 amide bonds. The quantitative estimate of drug-likeness (QED) is 0.866. The molecule has 0 spiro atoms. The Morgan fingerprint density at radius 2 is 2.12 bits per heavy atom. The molecule has 1 aliphatic rings. The van der Waals surface area contributed by atoms with Crippen molar-refractivity contribution in [2.24, 2.45) is 5.73 Å². The van der Waals surface area contributed by atoms with Crippen LogP contribution in [0.25, 0.3) is 0 Å². The van der Waals surface area contributed by atoms with Crippen molar-refractivity contribution in [3.8, 4) is 0 Å². The van der Waals surface area contributed by atoms with E-state index in [9.17, 15) is 9.59 Å². The summed E-state index contributed by atoms with van der Waals surface area (Å²) >= 11 is 1.26. The van der Waals surface area contributed by atoms with Gasteiger partial charge in [0.05, 0.1) is 17.7 Å². The van der Waals surface area contributed by atoms with Crippen LogP contribution >= 0.6 is 11.3 Å². The monoisotopic (exact) mass is 347 g/mol. The Labute approximate surface area is 144 Å². The molecular weight excluding hydrogens is 326 g/mol. The molecule has 1 fully saturated rings. The molecule has 7 nitrogen and oxygen atoms in total. The lowest BCUT2D eigenvalue weighted by Gasteiger charge is -2.22. The summed E-state index contributed by atoms with van der Waals surface area (Å²) in [6, 6.07) is 1.87. The first-order valence-electron chi connectivity index (χ1n) is 7.88. The van der Waals surface area contributed by atoms with E-state index in [0.29, 0.717) is 22.4 Å². The van der Waals surface area contributed by atoms with Crippen LogP contribution in [-0.2, 0) is 16.8 Å². The van der Waals surface area contributed by atoms with Crippen LogP contribution < -0.4 is 11.1 Å². The normalized spacial score (nSPS) is 14.6. The molecule has 3 N–H and O–H groups in total. The van der Waals surface area contributed by atoms with Crippen LogP contribution in [0.1, 0.15) is 61.4 Å². The minimum absolute atomic E-state index is 0.0663. The Bertz CT molecular complexity index is 783. The number of primary amides is 1.